The number of nitrogens with one attached hydrogen (secondary N) is 2. The van der Waals surface area contributed by atoms with Crippen LogP contribution in [0, 0.1) is 0 Å². The van der Waals surface area contributed by atoms with E-state index >= 15 is 0 Å². The normalized spacial score (nSPS) is 17.2. The molecule has 1 fully saturated rings. The van der Waals surface area contributed by atoms with E-state index in [1.165, 1.54) is 24.6 Å². The third-order valence-corrected chi connectivity index (χ3v) is 5.00. The van der Waals surface area contributed by atoms with Gasteiger partial charge in [-0.3, -0.25) is 4.79 Å². The van der Waals surface area contributed by atoms with Crippen molar-refractivity contribution >= 4 is 40.3 Å². The molecule has 1 heterocycles. The molecule has 1 aromatic carbocycles. The molecule has 1 aliphatic carbocycles. The zero-order chi connectivity index (χ0) is 14.8. The van der Waals surface area contributed by atoms with E-state index in [0.29, 0.717) is 11.1 Å². The number of imidazole rings is 1. The smallest absolute Gasteiger partial charge is 0.233 e. The van der Waals surface area contributed by atoms with Crippen LogP contribution in [-0.2, 0) is 4.79 Å². The average Bonchev–Trinajstić information content (AvgIpc) is 3.07. The Morgan fingerprint density at radius 3 is 3.00 bits per heavy atom. The molecule has 1 aliphatic rings. The van der Waals surface area contributed by atoms with E-state index in [9.17, 15) is 4.79 Å². The van der Waals surface area contributed by atoms with Gasteiger partial charge in [0.05, 0.1) is 16.3 Å². The molecule has 4 nitrogen and oxygen atoms in total. The van der Waals surface area contributed by atoms with Crippen LogP contribution in [0.3, 0.4) is 0 Å². The second-order valence-electron chi connectivity index (χ2n) is 5.45. The minimum Gasteiger partial charge on any atom is -0.352 e. The number of hydrogen-bond acceptors (Lipinski definition) is 3. The molecule has 0 aliphatic heterocycles. The second-order valence-corrected chi connectivity index (χ2v) is 7.22. The number of carbonyl (C=O) groups excluding carboxylic acids is 1. The Balaban J connectivity index is 1.64. The van der Waals surface area contributed by atoms with E-state index in [1.807, 2.05) is 25.1 Å². The third-order valence-electron chi connectivity index (χ3n) is 3.78. The number of benzene rings is 1. The van der Waals surface area contributed by atoms with Crippen LogP contribution in [0.5, 0.6) is 0 Å². The summed E-state index contributed by atoms with van der Waals surface area (Å²) in [7, 11) is 0. The summed E-state index contributed by atoms with van der Waals surface area (Å²) >= 11 is 7.41. The third kappa shape index (κ3) is 3.52. The van der Waals surface area contributed by atoms with E-state index in [2.05, 4.69) is 15.3 Å². The molecule has 3 rings (SSSR count). The number of carbonyl (C=O) groups is 1. The van der Waals surface area contributed by atoms with Crippen LogP contribution in [-0.4, -0.2) is 27.2 Å². The van der Waals surface area contributed by atoms with Crippen LogP contribution >= 0.6 is 23.4 Å². The summed E-state index contributed by atoms with van der Waals surface area (Å²) in [6.45, 7) is 1.91. The Hall–Kier alpha value is -1.20. The van der Waals surface area contributed by atoms with E-state index in [-0.39, 0.29) is 11.2 Å². The largest absolute Gasteiger partial charge is 0.352 e. The van der Waals surface area contributed by atoms with Gasteiger partial charge >= 0.3 is 0 Å². The second kappa shape index (κ2) is 6.28. The van der Waals surface area contributed by atoms with Gasteiger partial charge in [-0.2, -0.15) is 0 Å². The standard InChI is InChI=1S/C15H18ClN3OS/c1-9(14(20)17-11-4-2-3-5-11)21-15-18-12-7-6-10(16)8-13(12)19-15/h6-9,11H,2-5H2,1H3,(H,17,20)(H,18,19)/t9-/m1/s1. The van der Waals surface area contributed by atoms with Gasteiger partial charge in [0, 0.05) is 11.1 Å². The molecular formula is C15H18ClN3OS. The Labute approximate surface area is 133 Å². The Morgan fingerprint density at radius 1 is 1.48 bits per heavy atom. The predicted molar refractivity (Wildman–Crippen MR) is 86.8 cm³/mol. The first-order chi connectivity index (χ1) is 10.1. The summed E-state index contributed by atoms with van der Waals surface area (Å²) < 4.78 is 0. The first kappa shape index (κ1) is 14.7. The van der Waals surface area contributed by atoms with Crippen molar-refractivity contribution < 1.29 is 4.79 Å². The molecule has 112 valence electrons. The van der Waals surface area contributed by atoms with E-state index in [4.69, 9.17) is 11.6 Å². The molecule has 21 heavy (non-hydrogen) atoms. The SMILES string of the molecule is C[C@@H](Sc1nc2ccc(Cl)cc2[nH]1)C(=O)NC1CCCC1. The van der Waals surface area contributed by atoms with Gasteiger partial charge in [-0.15, -0.1) is 0 Å². The van der Waals surface area contributed by atoms with Gasteiger partial charge in [0.1, 0.15) is 0 Å². The summed E-state index contributed by atoms with van der Waals surface area (Å²) in [5, 5.41) is 4.38. The predicted octanol–water partition coefficient (Wildman–Crippen LogP) is 3.76. The fourth-order valence-corrected chi connectivity index (χ4v) is 3.63. The van der Waals surface area contributed by atoms with Crippen LogP contribution in [0.2, 0.25) is 5.02 Å². The molecule has 1 aromatic heterocycles. The topological polar surface area (TPSA) is 57.8 Å². The quantitative estimate of drug-likeness (QED) is 0.842. The number of halogens is 1. The van der Waals surface area contributed by atoms with Crippen LogP contribution in [0.15, 0.2) is 23.4 Å². The number of rotatable bonds is 4. The molecule has 0 bridgehead atoms. The highest BCUT2D eigenvalue weighted by atomic mass is 35.5. The first-order valence-electron chi connectivity index (χ1n) is 7.24. The van der Waals surface area contributed by atoms with Crippen molar-refractivity contribution in [2.45, 2.75) is 49.1 Å². The number of aromatic amines is 1. The summed E-state index contributed by atoms with van der Waals surface area (Å²) in [5.41, 5.74) is 1.76. The number of thioether (sulfide) groups is 1. The van der Waals surface area contributed by atoms with Gasteiger partial charge in [0.2, 0.25) is 5.91 Å². The van der Waals surface area contributed by atoms with Crippen molar-refractivity contribution in [3.05, 3.63) is 23.2 Å². The number of fused-ring (bicyclic) bond motifs is 1. The zero-order valence-electron chi connectivity index (χ0n) is 11.9. The van der Waals surface area contributed by atoms with Crippen molar-refractivity contribution in [1.29, 1.82) is 0 Å². The lowest BCUT2D eigenvalue weighted by atomic mass is 10.2. The fraction of sp³-hybridized carbons (Fsp3) is 0.467. The number of amides is 1. The van der Waals surface area contributed by atoms with E-state index < -0.39 is 0 Å². The van der Waals surface area contributed by atoms with Crippen molar-refractivity contribution in [3.63, 3.8) is 0 Å². The van der Waals surface area contributed by atoms with Crippen molar-refractivity contribution in [1.82, 2.24) is 15.3 Å². The number of hydrogen-bond donors (Lipinski definition) is 2. The Morgan fingerprint density at radius 2 is 2.24 bits per heavy atom. The molecule has 2 aromatic rings. The van der Waals surface area contributed by atoms with Gasteiger partial charge in [-0.25, -0.2) is 4.98 Å². The maximum absolute atomic E-state index is 12.2. The molecule has 6 heteroatoms. The van der Waals surface area contributed by atoms with Crippen molar-refractivity contribution in [2.24, 2.45) is 0 Å². The molecule has 0 saturated heterocycles. The molecular weight excluding hydrogens is 306 g/mol. The molecule has 1 atom stereocenters. The number of H-pyrrole nitrogens is 1. The minimum atomic E-state index is -0.165. The monoisotopic (exact) mass is 323 g/mol. The van der Waals surface area contributed by atoms with Crippen molar-refractivity contribution in [3.8, 4) is 0 Å². The lowest BCUT2D eigenvalue weighted by Gasteiger charge is -2.15. The van der Waals surface area contributed by atoms with Crippen molar-refractivity contribution in [2.75, 3.05) is 0 Å². The van der Waals surface area contributed by atoms with Crippen LogP contribution in [0.1, 0.15) is 32.6 Å². The lowest BCUT2D eigenvalue weighted by molar-refractivity contribution is -0.120. The highest BCUT2D eigenvalue weighted by molar-refractivity contribution is 8.00. The average molecular weight is 324 g/mol. The zero-order valence-corrected chi connectivity index (χ0v) is 13.4. The summed E-state index contributed by atoms with van der Waals surface area (Å²) in [4.78, 5) is 19.9. The Kier molecular flexibility index (Phi) is 4.40. The molecule has 0 spiro atoms. The summed E-state index contributed by atoms with van der Waals surface area (Å²) in [5.74, 6) is 0.0883. The molecule has 1 saturated carbocycles. The maximum Gasteiger partial charge on any atom is 0.233 e. The summed E-state index contributed by atoms with van der Waals surface area (Å²) in [6.07, 6.45) is 4.64. The number of nitrogens with zero attached hydrogens (tertiary/aromatic N) is 1. The van der Waals surface area contributed by atoms with Crippen LogP contribution < -0.4 is 5.32 Å². The Bertz CT molecular complexity index is 651. The highest BCUT2D eigenvalue weighted by Crippen LogP contribution is 2.26. The maximum atomic E-state index is 12.2. The van der Waals surface area contributed by atoms with Gasteiger partial charge < -0.3 is 10.3 Å². The number of aromatic nitrogens is 2. The van der Waals surface area contributed by atoms with Crippen LogP contribution in [0.25, 0.3) is 11.0 Å². The molecule has 1 amide bonds. The minimum absolute atomic E-state index is 0.0883. The van der Waals surface area contributed by atoms with Crippen LogP contribution in [0.4, 0.5) is 0 Å². The van der Waals surface area contributed by atoms with Gasteiger partial charge in [0.25, 0.3) is 0 Å². The molecule has 0 unspecified atom stereocenters. The van der Waals surface area contributed by atoms with E-state index in [0.717, 1.165) is 29.0 Å². The highest BCUT2D eigenvalue weighted by Gasteiger charge is 2.22. The molecule has 2 N–H and O–H groups in total. The molecule has 0 radical (unpaired) electrons. The summed E-state index contributed by atoms with van der Waals surface area (Å²) in [6, 6.07) is 5.89. The first-order valence-corrected chi connectivity index (χ1v) is 8.50. The van der Waals surface area contributed by atoms with Gasteiger partial charge in [0.15, 0.2) is 5.16 Å². The lowest BCUT2D eigenvalue weighted by Crippen LogP contribution is -2.37. The van der Waals surface area contributed by atoms with E-state index in [1.54, 1.807) is 0 Å². The fourth-order valence-electron chi connectivity index (χ4n) is 2.62. The van der Waals surface area contributed by atoms with Gasteiger partial charge in [-0.05, 0) is 38.0 Å². The van der Waals surface area contributed by atoms with Gasteiger partial charge in [-0.1, -0.05) is 36.2 Å².